The van der Waals surface area contributed by atoms with Gasteiger partial charge >= 0.3 is 5.97 Å². The number of esters is 1. The summed E-state index contributed by atoms with van der Waals surface area (Å²) < 4.78 is 4.58. The van der Waals surface area contributed by atoms with E-state index >= 15 is 0 Å². The summed E-state index contributed by atoms with van der Waals surface area (Å²) in [5, 5.41) is 8.18. The van der Waals surface area contributed by atoms with E-state index in [1.807, 2.05) is 6.92 Å². The highest BCUT2D eigenvalue weighted by Crippen LogP contribution is 1.84. The van der Waals surface area contributed by atoms with Gasteiger partial charge in [-0.15, -0.1) is 0 Å². The first kappa shape index (κ1) is 8.43. The molecule has 0 rings (SSSR count). The average molecular weight is 131 g/mol. The van der Waals surface area contributed by atoms with Crippen LogP contribution < -0.4 is 0 Å². The normalized spacial score (nSPS) is 9.11. The number of aliphatic hydroxyl groups is 1. The largest absolute Gasteiger partial charge is 0.465 e. The minimum Gasteiger partial charge on any atom is -0.465 e. The van der Waals surface area contributed by atoms with Crippen molar-refractivity contribution in [3.05, 3.63) is 6.42 Å². The summed E-state index contributed by atoms with van der Waals surface area (Å²) in [7, 11) is 0. The van der Waals surface area contributed by atoms with Gasteiger partial charge in [0.1, 0.15) is 0 Å². The second-order valence-corrected chi connectivity index (χ2v) is 1.55. The van der Waals surface area contributed by atoms with E-state index in [9.17, 15) is 4.79 Å². The standard InChI is InChI=1S/C6H11O3/c1-2-5-9-6(8)3-4-7/h3,7H,2,4-5H2,1H3. The predicted molar refractivity (Wildman–Crippen MR) is 32.6 cm³/mol. The van der Waals surface area contributed by atoms with Crippen LogP contribution in [-0.2, 0) is 9.53 Å². The fourth-order valence-electron chi connectivity index (χ4n) is 0.336. The molecule has 0 aliphatic rings. The Labute approximate surface area is 54.6 Å². The fraction of sp³-hybridized carbons (Fsp3) is 0.667. The fourth-order valence-corrected chi connectivity index (χ4v) is 0.336. The van der Waals surface area contributed by atoms with Gasteiger partial charge in [0.2, 0.25) is 0 Å². The van der Waals surface area contributed by atoms with Gasteiger partial charge in [0.05, 0.1) is 19.6 Å². The Kier molecular flexibility index (Phi) is 5.21. The monoisotopic (exact) mass is 131 g/mol. The van der Waals surface area contributed by atoms with Gasteiger partial charge in [-0.25, -0.2) is 0 Å². The predicted octanol–water partition coefficient (Wildman–Crippen LogP) is 0.136. The molecule has 0 aliphatic carbocycles. The zero-order chi connectivity index (χ0) is 7.11. The third-order valence-electron chi connectivity index (χ3n) is 0.706. The summed E-state index contributed by atoms with van der Waals surface area (Å²) >= 11 is 0. The SMILES string of the molecule is CCCOC(=O)[CH]CO. The maximum absolute atomic E-state index is 10.4. The van der Waals surface area contributed by atoms with Crippen LogP contribution >= 0.6 is 0 Å². The molecule has 0 saturated heterocycles. The van der Waals surface area contributed by atoms with Gasteiger partial charge in [0.15, 0.2) is 0 Å². The van der Waals surface area contributed by atoms with Gasteiger partial charge in [0.25, 0.3) is 0 Å². The molecule has 0 unspecified atom stereocenters. The van der Waals surface area contributed by atoms with Crippen LogP contribution in [-0.4, -0.2) is 24.3 Å². The van der Waals surface area contributed by atoms with Crippen LogP contribution in [0.3, 0.4) is 0 Å². The van der Waals surface area contributed by atoms with Crippen molar-refractivity contribution >= 4 is 5.97 Å². The zero-order valence-electron chi connectivity index (χ0n) is 5.46. The number of aliphatic hydroxyl groups excluding tert-OH is 1. The molecule has 1 N–H and O–H groups in total. The Morgan fingerprint density at radius 1 is 1.78 bits per heavy atom. The van der Waals surface area contributed by atoms with Crippen molar-refractivity contribution in [1.82, 2.24) is 0 Å². The van der Waals surface area contributed by atoms with Gasteiger partial charge in [0, 0.05) is 0 Å². The van der Waals surface area contributed by atoms with E-state index in [0.29, 0.717) is 6.61 Å². The molecule has 0 aromatic carbocycles. The van der Waals surface area contributed by atoms with Gasteiger partial charge in [-0.1, -0.05) is 6.92 Å². The molecule has 0 saturated carbocycles. The molecule has 0 bridgehead atoms. The molecule has 0 spiro atoms. The highest BCUT2D eigenvalue weighted by molar-refractivity contribution is 5.78. The minimum absolute atomic E-state index is 0.247. The quantitative estimate of drug-likeness (QED) is 0.552. The molecule has 3 nitrogen and oxygen atoms in total. The van der Waals surface area contributed by atoms with Gasteiger partial charge in [-0.05, 0) is 6.42 Å². The first-order chi connectivity index (χ1) is 4.31. The maximum atomic E-state index is 10.4. The van der Waals surface area contributed by atoms with E-state index in [4.69, 9.17) is 5.11 Å². The van der Waals surface area contributed by atoms with Gasteiger partial charge < -0.3 is 9.84 Å². The summed E-state index contributed by atoms with van der Waals surface area (Å²) in [6.07, 6.45) is 1.90. The lowest BCUT2D eigenvalue weighted by atomic mass is 10.4. The summed E-state index contributed by atoms with van der Waals surface area (Å²) in [6.45, 7) is 2.09. The minimum atomic E-state index is -0.445. The number of hydrogen-bond acceptors (Lipinski definition) is 3. The van der Waals surface area contributed by atoms with Gasteiger partial charge in [-0.2, -0.15) is 0 Å². The second-order valence-electron chi connectivity index (χ2n) is 1.55. The Bertz CT molecular complexity index is 80.4. The molecule has 0 heterocycles. The van der Waals surface area contributed by atoms with Crippen LogP contribution in [0.25, 0.3) is 0 Å². The molecule has 0 atom stereocenters. The first-order valence-corrected chi connectivity index (χ1v) is 2.92. The van der Waals surface area contributed by atoms with Gasteiger partial charge in [-0.3, -0.25) is 4.79 Å². The molecule has 0 aromatic heterocycles. The number of rotatable bonds is 4. The van der Waals surface area contributed by atoms with Crippen LogP contribution in [0, 0.1) is 6.42 Å². The number of ether oxygens (including phenoxy) is 1. The molecular weight excluding hydrogens is 120 g/mol. The van der Waals surface area contributed by atoms with Crippen molar-refractivity contribution in [3.63, 3.8) is 0 Å². The molecule has 0 fully saturated rings. The Morgan fingerprint density at radius 3 is 2.89 bits per heavy atom. The molecule has 0 aromatic rings. The Morgan fingerprint density at radius 2 is 2.44 bits per heavy atom. The topological polar surface area (TPSA) is 46.5 Å². The van der Waals surface area contributed by atoms with E-state index in [1.165, 1.54) is 0 Å². The summed E-state index contributed by atoms with van der Waals surface area (Å²) in [6, 6.07) is 0. The molecule has 9 heavy (non-hydrogen) atoms. The highest BCUT2D eigenvalue weighted by atomic mass is 16.5. The van der Waals surface area contributed by atoms with Crippen molar-refractivity contribution in [1.29, 1.82) is 0 Å². The molecular formula is C6H11O3. The van der Waals surface area contributed by atoms with Crippen LogP contribution in [0.4, 0.5) is 0 Å². The van der Waals surface area contributed by atoms with Crippen LogP contribution in [0.2, 0.25) is 0 Å². The van der Waals surface area contributed by atoms with E-state index < -0.39 is 5.97 Å². The summed E-state index contributed by atoms with van der Waals surface area (Å²) in [5.74, 6) is -0.445. The lowest BCUT2D eigenvalue weighted by Crippen LogP contribution is -2.07. The van der Waals surface area contributed by atoms with E-state index in [1.54, 1.807) is 0 Å². The van der Waals surface area contributed by atoms with Crippen LogP contribution in [0.1, 0.15) is 13.3 Å². The first-order valence-electron chi connectivity index (χ1n) is 2.92. The third-order valence-corrected chi connectivity index (χ3v) is 0.706. The Balaban J connectivity index is 3.06. The Hall–Kier alpha value is -0.570. The van der Waals surface area contributed by atoms with Crippen molar-refractivity contribution in [2.45, 2.75) is 13.3 Å². The molecule has 3 heteroatoms. The lowest BCUT2D eigenvalue weighted by Gasteiger charge is -1.98. The van der Waals surface area contributed by atoms with Crippen LogP contribution in [0.5, 0.6) is 0 Å². The molecule has 0 amide bonds. The molecule has 0 aliphatic heterocycles. The smallest absolute Gasteiger partial charge is 0.312 e. The third kappa shape index (κ3) is 5.30. The highest BCUT2D eigenvalue weighted by Gasteiger charge is 1.98. The van der Waals surface area contributed by atoms with Crippen LogP contribution in [0.15, 0.2) is 0 Å². The number of hydrogen-bond donors (Lipinski definition) is 1. The number of carbonyl (C=O) groups is 1. The summed E-state index contributed by atoms with van der Waals surface area (Å²) in [4.78, 5) is 10.4. The zero-order valence-corrected chi connectivity index (χ0v) is 5.46. The van der Waals surface area contributed by atoms with Crippen molar-refractivity contribution in [2.75, 3.05) is 13.2 Å². The van der Waals surface area contributed by atoms with E-state index in [2.05, 4.69) is 4.74 Å². The number of carbonyl (C=O) groups excluding carboxylic acids is 1. The van der Waals surface area contributed by atoms with Crippen molar-refractivity contribution < 1.29 is 14.6 Å². The average Bonchev–Trinajstić information content (AvgIpc) is 1.85. The van der Waals surface area contributed by atoms with E-state index in [-0.39, 0.29) is 6.61 Å². The van der Waals surface area contributed by atoms with Crippen molar-refractivity contribution in [2.24, 2.45) is 0 Å². The second kappa shape index (κ2) is 5.56. The van der Waals surface area contributed by atoms with Crippen molar-refractivity contribution in [3.8, 4) is 0 Å². The maximum Gasteiger partial charge on any atom is 0.312 e. The molecule has 1 radical (unpaired) electrons. The summed E-state index contributed by atoms with van der Waals surface area (Å²) in [5.41, 5.74) is 0. The molecule has 53 valence electrons. The van der Waals surface area contributed by atoms with E-state index in [0.717, 1.165) is 12.8 Å². The lowest BCUT2D eigenvalue weighted by molar-refractivity contribution is -0.140.